The number of aliphatic hydroxyl groups is 1. The van der Waals surface area contributed by atoms with E-state index < -0.39 is 0 Å². The van der Waals surface area contributed by atoms with Crippen molar-refractivity contribution < 1.29 is 5.11 Å². The third-order valence-electron chi connectivity index (χ3n) is 0. The van der Waals surface area contributed by atoms with Crippen molar-refractivity contribution >= 4 is 13.5 Å². The fourth-order valence-electron chi connectivity index (χ4n) is 0. The maximum atomic E-state index is 7.57. The summed E-state index contributed by atoms with van der Waals surface area (Å²) in [4.78, 5) is 0. The molecular weight excluding hydrogens is 96.1 g/mol. The molecule has 0 saturated heterocycles. The molecule has 1 N–H and O–H groups in total. The molecule has 40 valence electrons. The van der Waals surface area contributed by atoms with E-state index in [1.807, 2.05) is 0 Å². The second kappa shape index (κ2) is 75.1. The number of aliphatic hydroxyl groups excluding tert-OH is 1. The van der Waals surface area contributed by atoms with Crippen molar-refractivity contribution in [1.82, 2.24) is 0 Å². The van der Waals surface area contributed by atoms with Gasteiger partial charge in [0.2, 0.25) is 0 Å². The van der Waals surface area contributed by atoms with Crippen molar-refractivity contribution in [3.63, 3.8) is 0 Å². The van der Waals surface area contributed by atoms with Crippen LogP contribution in [0.25, 0.3) is 0 Å². The van der Waals surface area contributed by atoms with Crippen LogP contribution in [0.15, 0.2) is 13.2 Å². The SMILES string of the molecule is C=C.CCO.S. The Labute approximate surface area is 46.1 Å². The first-order chi connectivity index (χ1) is 2.41. The number of rotatable bonds is 0. The summed E-state index contributed by atoms with van der Waals surface area (Å²) in [5, 5.41) is 7.57. The fraction of sp³-hybridized carbons (Fsp3) is 0.500. The third-order valence-corrected chi connectivity index (χ3v) is 0. The Morgan fingerprint density at radius 2 is 1.50 bits per heavy atom. The molecule has 6 heavy (non-hydrogen) atoms. The maximum Gasteiger partial charge on any atom is 0.0402 e. The highest BCUT2D eigenvalue weighted by molar-refractivity contribution is 7.59. The lowest BCUT2D eigenvalue weighted by Gasteiger charge is -1.52. The highest BCUT2D eigenvalue weighted by atomic mass is 32.1. The summed E-state index contributed by atoms with van der Waals surface area (Å²) in [6.07, 6.45) is 0. The molecule has 0 atom stereocenters. The van der Waals surface area contributed by atoms with E-state index in [1.165, 1.54) is 0 Å². The van der Waals surface area contributed by atoms with Crippen LogP contribution < -0.4 is 0 Å². The Morgan fingerprint density at radius 1 is 1.50 bits per heavy atom. The summed E-state index contributed by atoms with van der Waals surface area (Å²) in [5.74, 6) is 0. The van der Waals surface area contributed by atoms with Crippen LogP contribution in [0.1, 0.15) is 6.92 Å². The Kier molecular flexibility index (Phi) is 208. The van der Waals surface area contributed by atoms with Crippen molar-refractivity contribution in [2.24, 2.45) is 0 Å². The normalized spacial score (nSPS) is 3.67. The Bertz CT molecular complexity index is 11.5. The van der Waals surface area contributed by atoms with Gasteiger partial charge in [-0.05, 0) is 6.92 Å². The van der Waals surface area contributed by atoms with Crippen molar-refractivity contribution in [2.45, 2.75) is 6.92 Å². The van der Waals surface area contributed by atoms with E-state index in [2.05, 4.69) is 13.2 Å². The zero-order valence-electron chi connectivity index (χ0n) is 4.07. The molecule has 0 aliphatic heterocycles. The molecule has 0 bridgehead atoms. The Morgan fingerprint density at radius 3 is 1.50 bits per heavy atom. The van der Waals surface area contributed by atoms with Gasteiger partial charge in [-0.2, -0.15) is 13.5 Å². The highest BCUT2D eigenvalue weighted by Crippen LogP contribution is 1.30. The molecule has 0 aliphatic carbocycles. The lowest BCUT2D eigenvalue weighted by molar-refractivity contribution is 0.318. The Hall–Kier alpha value is 0.0500. The van der Waals surface area contributed by atoms with Gasteiger partial charge in [-0.15, -0.1) is 13.2 Å². The fourth-order valence-corrected chi connectivity index (χ4v) is 0. The van der Waals surface area contributed by atoms with Gasteiger partial charge < -0.3 is 5.11 Å². The van der Waals surface area contributed by atoms with Crippen LogP contribution in [0.4, 0.5) is 0 Å². The standard InChI is InChI=1S/C2H6O.C2H4.H2S/c1-2-3;1-2;/h3H,2H2,1H3;1-2H2;1H2. The summed E-state index contributed by atoms with van der Waals surface area (Å²) < 4.78 is 0. The van der Waals surface area contributed by atoms with Crippen LogP contribution in [0, 0.1) is 0 Å². The number of hydrogen-bond acceptors (Lipinski definition) is 1. The molecule has 0 amide bonds. The van der Waals surface area contributed by atoms with Crippen molar-refractivity contribution in [2.75, 3.05) is 6.61 Å². The van der Waals surface area contributed by atoms with E-state index in [0.29, 0.717) is 0 Å². The minimum atomic E-state index is 0. The molecule has 0 saturated carbocycles. The van der Waals surface area contributed by atoms with E-state index in [4.69, 9.17) is 5.11 Å². The minimum Gasteiger partial charge on any atom is -0.397 e. The summed E-state index contributed by atoms with van der Waals surface area (Å²) in [6, 6.07) is 0. The van der Waals surface area contributed by atoms with Gasteiger partial charge in [0.15, 0.2) is 0 Å². The van der Waals surface area contributed by atoms with Crippen molar-refractivity contribution in [3.8, 4) is 0 Å². The predicted octanol–water partition coefficient (Wildman–Crippen LogP) is 0.914. The lowest BCUT2D eigenvalue weighted by atomic mass is 10.9. The second-order valence-corrected chi connectivity index (χ2v) is 0.316. The molecule has 1 nitrogen and oxygen atoms in total. The molecule has 0 aromatic heterocycles. The van der Waals surface area contributed by atoms with Crippen molar-refractivity contribution in [1.29, 1.82) is 0 Å². The van der Waals surface area contributed by atoms with Gasteiger partial charge in [0.25, 0.3) is 0 Å². The van der Waals surface area contributed by atoms with Gasteiger partial charge in [-0.1, -0.05) is 0 Å². The second-order valence-electron chi connectivity index (χ2n) is 0.316. The molecule has 0 aliphatic rings. The van der Waals surface area contributed by atoms with Gasteiger partial charge in [-0.25, -0.2) is 0 Å². The Balaban J connectivity index is -0.0000000275. The molecule has 0 spiro atoms. The van der Waals surface area contributed by atoms with Crippen LogP contribution in [-0.4, -0.2) is 11.7 Å². The summed E-state index contributed by atoms with van der Waals surface area (Å²) in [5.41, 5.74) is 0. The van der Waals surface area contributed by atoms with Crippen LogP contribution in [0.2, 0.25) is 0 Å². The molecular formula is C4H12OS. The van der Waals surface area contributed by atoms with Crippen LogP contribution in [-0.2, 0) is 0 Å². The average molecular weight is 108 g/mol. The summed E-state index contributed by atoms with van der Waals surface area (Å²) in [7, 11) is 0. The highest BCUT2D eigenvalue weighted by Gasteiger charge is 1.34. The van der Waals surface area contributed by atoms with Gasteiger partial charge in [0, 0.05) is 6.61 Å². The monoisotopic (exact) mass is 108 g/mol. The van der Waals surface area contributed by atoms with E-state index in [9.17, 15) is 0 Å². The van der Waals surface area contributed by atoms with Gasteiger partial charge in [-0.3, -0.25) is 0 Å². The van der Waals surface area contributed by atoms with Crippen molar-refractivity contribution in [3.05, 3.63) is 13.2 Å². The van der Waals surface area contributed by atoms with Gasteiger partial charge >= 0.3 is 0 Å². The van der Waals surface area contributed by atoms with E-state index in [-0.39, 0.29) is 20.1 Å². The zero-order chi connectivity index (χ0) is 4.71. The average Bonchev–Trinajstić information content (AvgIpc) is 1.46. The molecule has 0 rings (SSSR count). The van der Waals surface area contributed by atoms with E-state index >= 15 is 0 Å². The third kappa shape index (κ3) is 15100. The summed E-state index contributed by atoms with van der Waals surface area (Å²) in [6.45, 7) is 7.93. The maximum absolute atomic E-state index is 7.57. The molecule has 0 heterocycles. The van der Waals surface area contributed by atoms with E-state index in [0.717, 1.165) is 0 Å². The molecule has 0 aromatic carbocycles. The van der Waals surface area contributed by atoms with E-state index in [1.54, 1.807) is 6.92 Å². The molecule has 0 radical (unpaired) electrons. The summed E-state index contributed by atoms with van der Waals surface area (Å²) >= 11 is 0. The lowest BCUT2D eigenvalue weighted by Crippen LogP contribution is -1.57. The molecule has 2 heteroatoms. The first-order valence-corrected chi connectivity index (χ1v) is 1.52. The van der Waals surface area contributed by atoms with Crippen LogP contribution in [0.5, 0.6) is 0 Å². The van der Waals surface area contributed by atoms with Crippen LogP contribution >= 0.6 is 13.5 Å². The van der Waals surface area contributed by atoms with Gasteiger partial charge in [0.1, 0.15) is 0 Å². The molecule has 0 fully saturated rings. The largest absolute Gasteiger partial charge is 0.397 e. The van der Waals surface area contributed by atoms with Crippen LogP contribution in [0.3, 0.4) is 0 Å². The van der Waals surface area contributed by atoms with Gasteiger partial charge in [0.05, 0.1) is 0 Å². The molecule has 0 unspecified atom stereocenters. The predicted molar refractivity (Wildman–Crippen MR) is 34.4 cm³/mol. The first kappa shape index (κ1) is 16.6. The zero-order valence-corrected chi connectivity index (χ0v) is 5.07. The topological polar surface area (TPSA) is 20.2 Å². The number of hydrogen-bond donors (Lipinski definition) is 1. The smallest absolute Gasteiger partial charge is 0.0402 e. The first-order valence-electron chi connectivity index (χ1n) is 1.52. The molecule has 0 aromatic rings. The quantitative estimate of drug-likeness (QED) is 0.457. The minimum absolute atomic E-state index is 0.